The molecule has 0 unspecified atom stereocenters. The smallest absolute Gasteiger partial charge is 0.191 e. The molecule has 0 saturated heterocycles. The molecule has 6 heteroatoms. The SMILES string of the molecule is CCNC(=NCc1cnn(C)c1)NCc1oc2ccccc2c1C. The van der Waals surface area contributed by atoms with E-state index < -0.39 is 0 Å². The quantitative estimate of drug-likeness (QED) is 0.559. The molecule has 0 spiro atoms. The first-order valence-corrected chi connectivity index (χ1v) is 8.14. The molecule has 1 aromatic carbocycles. The van der Waals surface area contributed by atoms with E-state index in [1.54, 1.807) is 4.68 Å². The zero-order chi connectivity index (χ0) is 16.9. The third-order valence-corrected chi connectivity index (χ3v) is 3.88. The maximum Gasteiger partial charge on any atom is 0.191 e. The van der Waals surface area contributed by atoms with Crippen LogP contribution < -0.4 is 10.6 Å². The minimum Gasteiger partial charge on any atom is -0.459 e. The highest BCUT2D eigenvalue weighted by Gasteiger charge is 2.10. The largest absolute Gasteiger partial charge is 0.459 e. The van der Waals surface area contributed by atoms with Crippen LogP contribution in [0, 0.1) is 6.92 Å². The average Bonchev–Trinajstić information content (AvgIpc) is 3.14. The molecule has 0 amide bonds. The van der Waals surface area contributed by atoms with Crippen molar-refractivity contribution >= 4 is 16.9 Å². The number of nitrogens with one attached hydrogen (secondary N) is 2. The molecule has 24 heavy (non-hydrogen) atoms. The van der Waals surface area contributed by atoms with Crippen molar-refractivity contribution in [3.63, 3.8) is 0 Å². The molecule has 0 atom stereocenters. The molecule has 2 N–H and O–H groups in total. The number of hydrogen-bond donors (Lipinski definition) is 2. The number of aromatic nitrogens is 2. The Morgan fingerprint density at radius 2 is 2.12 bits per heavy atom. The fraction of sp³-hybridized carbons (Fsp3) is 0.333. The van der Waals surface area contributed by atoms with E-state index in [0.29, 0.717) is 13.1 Å². The topological polar surface area (TPSA) is 67.4 Å². The van der Waals surface area contributed by atoms with Crippen LogP contribution in [-0.2, 0) is 20.1 Å². The molecule has 126 valence electrons. The summed E-state index contributed by atoms with van der Waals surface area (Å²) in [6, 6.07) is 8.09. The molecular formula is C18H23N5O. The second-order valence-corrected chi connectivity index (χ2v) is 5.72. The first-order chi connectivity index (χ1) is 11.7. The summed E-state index contributed by atoms with van der Waals surface area (Å²) in [5.41, 5.74) is 3.17. The molecule has 2 heterocycles. The third kappa shape index (κ3) is 3.59. The summed E-state index contributed by atoms with van der Waals surface area (Å²) in [6.07, 6.45) is 3.80. The van der Waals surface area contributed by atoms with Gasteiger partial charge in [-0.1, -0.05) is 18.2 Å². The second kappa shape index (κ2) is 7.21. The van der Waals surface area contributed by atoms with E-state index in [9.17, 15) is 0 Å². The fourth-order valence-electron chi connectivity index (χ4n) is 2.62. The molecule has 0 aliphatic carbocycles. The van der Waals surface area contributed by atoms with Crippen LogP contribution in [0.1, 0.15) is 23.8 Å². The Bertz CT molecular complexity index is 846. The Labute approximate surface area is 141 Å². The lowest BCUT2D eigenvalue weighted by Crippen LogP contribution is -2.36. The van der Waals surface area contributed by atoms with E-state index in [1.165, 1.54) is 5.56 Å². The number of nitrogens with zero attached hydrogens (tertiary/aromatic N) is 3. The van der Waals surface area contributed by atoms with Gasteiger partial charge in [0.25, 0.3) is 0 Å². The van der Waals surface area contributed by atoms with Gasteiger partial charge >= 0.3 is 0 Å². The summed E-state index contributed by atoms with van der Waals surface area (Å²) in [6.45, 7) is 6.12. The van der Waals surface area contributed by atoms with Gasteiger partial charge in [0, 0.05) is 36.3 Å². The maximum absolute atomic E-state index is 5.93. The van der Waals surface area contributed by atoms with Crippen LogP contribution in [0.2, 0.25) is 0 Å². The minimum atomic E-state index is 0.586. The minimum absolute atomic E-state index is 0.586. The third-order valence-electron chi connectivity index (χ3n) is 3.88. The van der Waals surface area contributed by atoms with Crippen LogP contribution in [-0.4, -0.2) is 22.3 Å². The lowest BCUT2D eigenvalue weighted by atomic mass is 10.1. The summed E-state index contributed by atoms with van der Waals surface area (Å²) in [7, 11) is 1.90. The summed E-state index contributed by atoms with van der Waals surface area (Å²) >= 11 is 0. The Morgan fingerprint density at radius 1 is 1.29 bits per heavy atom. The van der Waals surface area contributed by atoms with Crippen molar-refractivity contribution in [3.05, 3.63) is 53.5 Å². The van der Waals surface area contributed by atoms with Crippen LogP contribution >= 0.6 is 0 Å². The number of rotatable bonds is 5. The Morgan fingerprint density at radius 3 is 2.83 bits per heavy atom. The van der Waals surface area contributed by atoms with Crippen LogP contribution in [0.3, 0.4) is 0 Å². The van der Waals surface area contributed by atoms with Crippen molar-refractivity contribution in [2.75, 3.05) is 6.54 Å². The van der Waals surface area contributed by atoms with Gasteiger partial charge in [-0.15, -0.1) is 0 Å². The normalized spacial score (nSPS) is 11.9. The van der Waals surface area contributed by atoms with Crippen molar-refractivity contribution in [2.45, 2.75) is 26.9 Å². The predicted octanol–water partition coefficient (Wildman–Crippen LogP) is 2.73. The van der Waals surface area contributed by atoms with E-state index in [0.717, 1.165) is 34.8 Å². The fourth-order valence-corrected chi connectivity index (χ4v) is 2.62. The highest BCUT2D eigenvalue weighted by molar-refractivity contribution is 5.83. The van der Waals surface area contributed by atoms with Gasteiger partial charge in [0.05, 0.1) is 19.3 Å². The van der Waals surface area contributed by atoms with E-state index in [4.69, 9.17) is 4.42 Å². The average molecular weight is 325 g/mol. The van der Waals surface area contributed by atoms with Crippen molar-refractivity contribution in [1.82, 2.24) is 20.4 Å². The summed E-state index contributed by atoms with van der Waals surface area (Å²) in [5, 5.41) is 11.9. The van der Waals surface area contributed by atoms with Crippen molar-refractivity contribution in [3.8, 4) is 0 Å². The molecule has 6 nitrogen and oxygen atoms in total. The summed E-state index contributed by atoms with van der Waals surface area (Å²) in [4.78, 5) is 4.60. The van der Waals surface area contributed by atoms with Gasteiger partial charge in [0.15, 0.2) is 5.96 Å². The summed E-state index contributed by atoms with van der Waals surface area (Å²) in [5.74, 6) is 1.70. The standard InChI is InChI=1S/C18H23N5O/c1-4-19-18(20-9-14-10-22-23(3)12-14)21-11-17-13(2)15-7-5-6-8-16(15)24-17/h5-8,10,12H,4,9,11H2,1-3H3,(H2,19,20,21). The first kappa shape index (κ1) is 16.1. The van der Waals surface area contributed by atoms with Crippen LogP contribution in [0.15, 0.2) is 46.1 Å². The number of guanidine groups is 1. The number of aliphatic imine (C=N–C) groups is 1. The molecule has 0 fully saturated rings. The van der Waals surface area contributed by atoms with Gasteiger partial charge in [-0.2, -0.15) is 5.10 Å². The van der Waals surface area contributed by atoms with E-state index in [2.05, 4.69) is 33.7 Å². The number of fused-ring (bicyclic) bond motifs is 1. The monoisotopic (exact) mass is 325 g/mol. The van der Waals surface area contributed by atoms with E-state index >= 15 is 0 Å². The molecule has 0 saturated carbocycles. The molecule has 0 aliphatic heterocycles. The van der Waals surface area contributed by atoms with Gasteiger partial charge in [0.1, 0.15) is 11.3 Å². The lowest BCUT2D eigenvalue weighted by Gasteiger charge is -2.10. The lowest BCUT2D eigenvalue weighted by molar-refractivity contribution is 0.534. The first-order valence-electron chi connectivity index (χ1n) is 8.14. The van der Waals surface area contributed by atoms with Crippen molar-refractivity contribution < 1.29 is 4.42 Å². The molecule has 3 aromatic rings. The molecule has 0 aliphatic rings. The Hall–Kier alpha value is -2.76. The van der Waals surface area contributed by atoms with Gasteiger partial charge in [-0.05, 0) is 19.9 Å². The second-order valence-electron chi connectivity index (χ2n) is 5.72. The summed E-state index contributed by atoms with van der Waals surface area (Å²) < 4.78 is 7.72. The zero-order valence-electron chi connectivity index (χ0n) is 14.3. The number of aryl methyl sites for hydroxylation is 2. The number of furan rings is 1. The number of para-hydroxylation sites is 1. The van der Waals surface area contributed by atoms with Gasteiger partial charge in [-0.25, -0.2) is 4.99 Å². The molecule has 0 bridgehead atoms. The molecule has 2 aromatic heterocycles. The van der Waals surface area contributed by atoms with Crippen molar-refractivity contribution in [1.29, 1.82) is 0 Å². The van der Waals surface area contributed by atoms with Gasteiger partial charge in [0.2, 0.25) is 0 Å². The highest BCUT2D eigenvalue weighted by Crippen LogP contribution is 2.24. The number of benzene rings is 1. The molecule has 0 radical (unpaired) electrons. The highest BCUT2D eigenvalue weighted by atomic mass is 16.3. The molecular weight excluding hydrogens is 302 g/mol. The maximum atomic E-state index is 5.93. The Kier molecular flexibility index (Phi) is 4.84. The predicted molar refractivity (Wildman–Crippen MR) is 95.8 cm³/mol. The zero-order valence-corrected chi connectivity index (χ0v) is 14.3. The van der Waals surface area contributed by atoms with Crippen LogP contribution in [0.5, 0.6) is 0 Å². The van der Waals surface area contributed by atoms with Gasteiger partial charge in [-0.3, -0.25) is 4.68 Å². The Balaban J connectivity index is 1.69. The molecule has 3 rings (SSSR count). The number of hydrogen-bond acceptors (Lipinski definition) is 3. The van der Waals surface area contributed by atoms with Crippen molar-refractivity contribution in [2.24, 2.45) is 12.0 Å². The van der Waals surface area contributed by atoms with E-state index in [-0.39, 0.29) is 0 Å². The van der Waals surface area contributed by atoms with Gasteiger partial charge < -0.3 is 15.1 Å². The van der Waals surface area contributed by atoms with E-state index in [1.807, 2.05) is 44.6 Å². The van der Waals surface area contributed by atoms with Crippen LogP contribution in [0.25, 0.3) is 11.0 Å². The van der Waals surface area contributed by atoms with Crippen LogP contribution in [0.4, 0.5) is 0 Å².